The number of allylic oxidation sites excluding steroid dienone is 1. The fourth-order valence-corrected chi connectivity index (χ4v) is 2.04. The van der Waals surface area contributed by atoms with Crippen LogP contribution < -0.4 is 0 Å². The molecule has 1 aromatic carbocycles. The zero-order valence-corrected chi connectivity index (χ0v) is 11.8. The van der Waals surface area contributed by atoms with Crippen LogP contribution in [0.15, 0.2) is 35.9 Å². The lowest BCUT2D eigenvalue weighted by atomic mass is 10.1. The molecule has 3 nitrogen and oxygen atoms in total. The standard InChI is InChI=1S/C14H18O3S/c1-11(2)7-8-17-14(15)13-6-4-5-12(9-13)10-18(3)16/h4-7,9H,8,10H2,1-3H3/t18-/m0/s1. The van der Waals surface area contributed by atoms with Crippen molar-refractivity contribution in [3.63, 3.8) is 0 Å². The van der Waals surface area contributed by atoms with Gasteiger partial charge in [-0.3, -0.25) is 4.21 Å². The van der Waals surface area contributed by atoms with E-state index in [1.807, 2.05) is 26.0 Å². The molecule has 98 valence electrons. The molecule has 0 amide bonds. The van der Waals surface area contributed by atoms with Crippen molar-refractivity contribution in [1.82, 2.24) is 0 Å². The van der Waals surface area contributed by atoms with Gasteiger partial charge < -0.3 is 4.74 Å². The smallest absolute Gasteiger partial charge is 0.338 e. The van der Waals surface area contributed by atoms with E-state index in [9.17, 15) is 9.00 Å². The molecule has 4 heteroatoms. The summed E-state index contributed by atoms with van der Waals surface area (Å²) < 4.78 is 16.2. The molecule has 0 saturated heterocycles. The zero-order valence-electron chi connectivity index (χ0n) is 10.9. The average Bonchev–Trinajstić information content (AvgIpc) is 2.27. The van der Waals surface area contributed by atoms with E-state index in [2.05, 4.69) is 0 Å². The molecule has 0 radical (unpaired) electrons. The first-order valence-electron chi connectivity index (χ1n) is 5.68. The number of ether oxygens (including phenoxy) is 1. The molecule has 0 N–H and O–H groups in total. The van der Waals surface area contributed by atoms with E-state index in [1.54, 1.807) is 24.5 Å². The molecule has 1 aromatic rings. The molecule has 0 aliphatic heterocycles. The number of hydrogen-bond acceptors (Lipinski definition) is 3. The van der Waals surface area contributed by atoms with Gasteiger partial charge in [0, 0.05) is 22.8 Å². The predicted octanol–water partition coefficient (Wildman–Crippen LogP) is 2.69. The van der Waals surface area contributed by atoms with Crippen LogP contribution in [0.2, 0.25) is 0 Å². The van der Waals surface area contributed by atoms with Gasteiger partial charge in [0.25, 0.3) is 0 Å². The highest BCUT2D eigenvalue weighted by atomic mass is 32.2. The van der Waals surface area contributed by atoms with Crippen LogP contribution in [0.1, 0.15) is 29.8 Å². The maximum atomic E-state index is 11.7. The molecule has 0 aliphatic carbocycles. The molecule has 0 saturated carbocycles. The predicted molar refractivity (Wildman–Crippen MR) is 73.9 cm³/mol. The summed E-state index contributed by atoms with van der Waals surface area (Å²) in [4.78, 5) is 11.7. The number of hydrogen-bond donors (Lipinski definition) is 0. The Bertz CT molecular complexity index is 474. The van der Waals surface area contributed by atoms with Crippen LogP contribution >= 0.6 is 0 Å². The van der Waals surface area contributed by atoms with Crippen LogP contribution in [0, 0.1) is 0 Å². The van der Waals surface area contributed by atoms with Crippen molar-refractivity contribution in [2.24, 2.45) is 0 Å². The molecule has 0 unspecified atom stereocenters. The van der Waals surface area contributed by atoms with Crippen molar-refractivity contribution < 1.29 is 13.7 Å². The van der Waals surface area contributed by atoms with Gasteiger partial charge in [-0.2, -0.15) is 0 Å². The number of carbonyl (C=O) groups excluding carboxylic acids is 1. The lowest BCUT2D eigenvalue weighted by Gasteiger charge is -2.04. The summed E-state index contributed by atoms with van der Waals surface area (Å²) in [6.07, 6.45) is 3.49. The van der Waals surface area contributed by atoms with Crippen LogP contribution in [-0.4, -0.2) is 23.0 Å². The molecule has 0 spiro atoms. The summed E-state index contributed by atoms with van der Waals surface area (Å²) in [7, 11) is -0.911. The first kappa shape index (κ1) is 14.6. The lowest BCUT2D eigenvalue weighted by molar-refractivity contribution is 0.0549. The van der Waals surface area contributed by atoms with Gasteiger partial charge in [-0.05, 0) is 37.6 Å². The van der Waals surface area contributed by atoms with Crippen molar-refractivity contribution >= 4 is 16.8 Å². The van der Waals surface area contributed by atoms with Gasteiger partial charge in [0.15, 0.2) is 0 Å². The molecule has 18 heavy (non-hydrogen) atoms. The van der Waals surface area contributed by atoms with E-state index in [4.69, 9.17) is 4.74 Å². The van der Waals surface area contributed by atoms with Gasteiger partial charge in [0.05, 0.1) is 5.56 Å². The summed E-state index contributed by atoms with van der Waals surface area (Å²) in [6.45, 7) is 4.18. The summed E-state index contributed by atoms with van der Waals surface area (Å²) in [6, 6.07) is 7.06. The molecular weight excluding hydrogens is 248 g/mol. The summed E-state index contributed by atoms with van der Waals surface area (Å²) in [5.74, 6) is 0.103. The van der Waals surface area contributed by atoms with Gasteiger partial charge >= 0.3 is 5.97 Å². The van der Waals surface area contributed by atoms with Gasteiger partial charge in [-0.25, -0.2) is 4.79 Å². The van der Waals surface area contributed by atoms with Crippen molar-refractivity contribution in [3.05, 3.63) is 47.0 Å². The molecule has 0 aliphatic rings. The minimum atomic E-state index is -0.911. The second-order valence-corrected chi connectivity index (χ2v) is 5.73. The van der Waals surface area contributed by atoms with Crippen LogP contribution in [0.25, 0.3) is 0 Å². The van der Waals surface area contributed by atoms with Crippen LogP contribution in [0.4, 0.5) is 0 Å². The number of carbonyl (C=O) groups is 1. The fourth-order valence-electron chi connectivity index (χ4n) is 1.39. The fraction of sp³-hybridized carbons (Fsp3) is 0.357. The second kappa shape index (κ2) is 7.11. The Balaban J connectivity index is 2.68. The number of esters is 1. The quantitative estimate of drug-likeness (QED) is 0.608. The van der Waals surface area contributed by atoms with Crippen molar-refractivity contribution in [2.75, 3.05) is 12.9 Å². The maximum absolute atomic E-state index is 11.7. The maximum Gasteiger partial charge on any atom is 0.338 e. The minimum absolute atomic E-state index is 0.283. The van der Waals surface area contributed by atoms with Gasteiger partial charge in [0.2, 0.25) is 0 Å². The third-order valence-electron chi connectivity index (χ3n) is 2.24. The molecular formula is C14H18O3S. The highest BCUT2D eigenvalue weighted by Gasteiger charge is 2.07. The van der Waals surface area contributed by atoms with Crippen LogP contribution in [0.3, 0.4) is 0 Å². The van der Waals surface area contributed by atoms with Crippen molar-refractivity contribution in [2.45, 2.75) is 19.6 Å². The summed E-state index contributed by atoms with van der Waals surface area (Å²) >= 11 is 0. The summed E-state index contributed by atoms with van der Waals surface area (Å²) in [5.41, 5.74) is 2.49. The molecule has 0 aromatic heterocycles. The molecule has 0 bridgehead atoms. The van der Waals surface area contributed by atoms with Gasteiger partial charge in [-0.15, -0.1) is 0 Å². The second-order valence-electron chi connectivity index (χ2n) is 4.30. The highest BCUT2D eigenvalue weighted by Crippen LogP contribution is 2.09. The van der Waals surface area contributed by atoms with Crippen molar-refractivity contribution in [1.29, 1.82) is 0 Å². The van der Waals surface area contributed by atoms with Crippen LogP contribution in [-0.2, 0) is 21.3 Å². The topological polar surface area (TPSA) is 43.4 Å². The van der Waals surface area contributed by atoms with E-state index < -0.39 is 10.8 Å². The molecule has 1 rings (SSSR count). The zero-order chi connectivity index (χ0) is 13.5. The Morgan fingerprint density at radius 3 is 2.72 bits per heavy atom. The van der Waals surface area contributed by atoms with Gasteiger partial charge in [0.1, 0.15) is 6.61 Å². The number of rotatable bonds is 5. The first-order valence-corrected chi connectivity index (χ1v) is 7.41. The largest absolute Gasteiger partial charge is 0.458 e. The van der Waals surface area contributed by atoms with Gasteiger partial charge in [-0.1, -0.05) is 17.7 Å². The molecule has 1 atom stereocenters. The Morgan fingerprint density at radius 1 is 1.39 bits per heavy atom. The third kappa shape index (κ3) is 5.27. The third-order valence-corrected chi connectivity index (χ3v) is 2.98. The minimum Gasteiger partial charge on any atom is -0.458 e. The normalized spacial score (nSPS) is 11.7. The monoisotopic (exact) mass is 266 g/mol. The van der Waals surface area contributed by atoms with E-state index in [0.717, 1.165) is 11.1 Å². The van der Waals surface area contributed by atoms with E-state index in [1.165, 1.54) is 0 Å². The van der Waals surface area contributed by atoms with Crippen LogP contribution in [0.5, 0.6) is 0 Å². The SMILES string of the molecule is CC(C)=CCOC(=O)c1cccc(C[S@](C)=O)c1. The Hall–Kier alpha value is -1.42. The Labute approximate surface area is 110 Å². The van der Waals surface area contributed by atoms with E-state index in [-0.39, 0.29) is 12.6 Å². The number of benzene rings is 1. The average molecular weight is 266 g/mol. The summed E-state index contributed by atoms with van der Waals surface area (Å²) in [5, 5.41) is 0. The Kier molecular flexibility index (Phi) is 5.78. The highest BCUT2D eigenvalue weighted by molar-refractivity contribution is 7.83. The molecule has 0 heterocycles. The lowest BCUT2D eigenvalue weighted by Crippen LogP contribution is -2.06. The van der Waals surface area contributed by atoms with E-state index >= 15 is 0 Å². The van der Waals surface area contributed by atoms with Crippen molar-refractivity contribution in [3.8, 4) is 0 Å². The molecule has 0 fully saturated rings. The Morgan fingerprint density at radius 2 is 2.11 bits per heavy atom. The van der Waals surface area contributed by atoms with E-state index in [0.29, 0.717) is 11.3 Å². The first-order chi connectivity index (χ1) is 8.49.